The Morgan fingerprint density at radius 3 is 2.27 bits per heavy atom. The highest BCUT2D eigenvalue weighted by atomic mass is 79.9. The topological polar surface area (TPSA) is 37.4 Å². The van der Waals surface area contributed by atoms with Gasteiger partial charge < -0.3 is 9.69 Å². The van der Waals surface area contributed by atoms with Crippen LogP contribution in [0.15, 0.2) is 59.1 Å². The largest absolute Gasteiger partial charge is 0.336 e. The summed E-state index contributed by atoms with van der Waals surface area (Å²) in [6.45, 7) is 4.27. The molecule has 0 radical (unpaired) electrons. The number of hydrogen-bond donors (Lipinski definition) is 0. The van der Waals surface area contributed by atoms with Crippen molar-refractivity contribution in [2.24, 2.45) is 0 Å². The zero-order valence-corrected chi connectivity index (χ0v) is 17.0. The molecule has 26 heavy (non-hydrogen) atoms. The first-order chi connectivity index (χ1) is 12.5. The molecule has 1 amide bonds. The summed E-state index contributed by atoms with van der Waals surface area (Å²) in [7, 11) is 0. The van der Waals surface area contributed by atoms with E-state index in [9.17, 15) is 9.59 Å². The standard InChI is InChI=1S/C22H26BrNO2/c1-17(25)10-15-22(26)24(16-6-9-19-7-4-3-5-8-19)18(2)20-11-13-21(23)14-12-20/h3-5,7-8,11-14,18H,6,9-10,15-16H2,1-2H3/t18-/m0/s1. The number of hydrogen-bond acceptors (Lipinski definition) is 2. The lowest BCUT2D eigenvalue weighted by atomic mass is 10.0. The monoisotopic (exact) mass is 415 g/mol. The van der Waals surface area contributed by atoms with Crippen molar-refractivity contribution in [3.63, 3.8) is 0 Å². The molecule has 3 nitrogen and oxygen atoms in total. The molecule has 2 aromatic carbocycles. The van der Waals surface area contributed by atoms with Gasteiger partial charge in [-0.05, 0) is 49.9 Å². The lowest BCUT2D eigenvalue weighted by Crippen LogP contribution is -2.34. The second kappa shape index (κ2) is 10.3. The van der Waals surface area contributed by atoms with Gasteiger partial charge in [-0.25, -0.2) is 0 Å². The first-order valence-electron chi connectivity index (χ1n) is 9.05. The Morgan fingerprint density at radius 2 is 1.65 bits per heavy atom. The van der Waals surface area contributed by atoms with Gasteiger partial charge in [-0.3, -0.25) is 4.79 Å². The number of ketones is 1. The molecule has 0 saturated heterocycles. The number of Topliss-reactive ketones (excluding diaryl/α,β-unsaturated/α-hetero) is 1. The molecule has 0 spiro atoms. The molecule has 0 N–H and O–H groups in total. The van der Waals surface area contributed by atoms with Gasteiger partial charge in [-0.1, -0.05) is 58.4 Å². The van der Waals surface area contributed by atoms with Crippen LogP contribution in [0.2, 0.25) is 0 Å². The quantitative estimate of drug-likeness (QED) is 0.553. The molecule has 1 atom stereocenters. The van der Waals surface area contributed by atoms with Crippen LogP contribution in [0.4, 0.5) is 0 Å². The van der Waals surface area contributed by atoms with E-state index in [4.69, 9.17) is 0 Å². The average Bonchev–Trinajstić information content (AvgIpc) is 2.64. The fourth-order valence-corrected chi connectivity index (χ4v) is 3.24. The molecule has 0 aliphatic carbocycles. The highest BCUT2D eigenvalue weighted by Gasteiger charge is 2.21. The van der Waals surface area contributed by atoms with Crippen molar-refractivity contribution in [3.05, 3.63) is 70.2 Å². The summed E-state index contributed by atoms with van der Waals surface area (Å²) < 4.78 is 1.02. The summed E-state index contributed by atoms with van der Waals surface area (Å²) in [6.07, 6.45) is 2.42. The number of aryl methyl sites for hydroxylation is 1. The van der Waals surface area contributed by atoms with E-state index in [1.807, 2.05) is 47.4 Å². The Labute approximate surface area is 164 Å². The minimum atomic E-state index is -0.0154. The predicted molar refractivity (Wildman–Crippen MR) is 109 cm³/mol. The minimum absolute atomic E-state index is 0.0154. The third-order valence-corrected chi connectivity index (χ3v) is 5.07. The highest BCUT2D eigenvalue weighted by molar-refractivity contribution is 9.10. The van der Waals surface area contributed by atoms with Crippen LogP contribution in [0.3, 0.4) is 0 Å². The first-order valence-corrected chi connectivity index (χ1v) is 9.85. The Morgan fingerprint density at radius 1 is 1.00 bits per heavy atom. The van der Waals surface area contributed by atoms with Gasteiger partial charge in [0.25, 0.3) is 0 Å². The summed E-state index contributed by atoms with van der Waals surface area (Å²) in [5.74, 6) is 0.0996. The zero-order valence-electron chi connectivity index (χ0n) is 15.5. The minimum Gasteiger partial charge on any atom is -0.336 e. The van der Waals surface area contributed by atoms with E-state index >= 15 is 0 Å². The molecule has 0 saturated carbocycles. The maximum atomic E-state index is 12.7. The molecule has 0 unspecified atom stereocenters. The zero-order chi connectivity index (χ0) is 18.9. The van der Waals surface area contributed by atoms with E-state index in [-0.39, 0.29) is 24.2 Å². The van der Waals surface area contributed by atoms with Crippen molar-refractivity contribution in [1.29, 1.82) is 0 Å². The smallest absolute Gasteiger partial charge is 0.223 e. The molecule has 0 fully saturated rings. The van der Waals surface area contributed by atoms with Gasteiger partial charge >= 0.3 is 0 Å². The Hall–Kier alpha value is -1.94. The number of carbonyl (C=O) groups is 2. The van der Waals surface area contributed by atoms with Crippen LogP contribution in [0, 0.1) is 0 Å². The molecule has 2 rings (SSSR count). The second-order valence-electron chi connectivity index (χ2n) is 6.61. The second-order valence-corrected chi connectivity index (χ2v) is 7.52. The molecule has 0 bridgehead atoms. The van der Waals surface area contributed by atoms with Gasteiger partial charge in [-0.2, -0.15) is 0 Å². The van der Waals surface area contributed by atoms with Crippen molar-refractivity contribution >= 4 is 27.6 Å². The number of nitrogens with zero attached hydrogens (tertiary/aromatic N) is 1. The van der Waals surface area contributed by atoms with Crippen LogP contribution in [-0.4, -0.2) is 23.1 Å². The number of rotatable bonds is 9. The van der Waals surface area contributed by atoms with Crippen molar-refractivity contribution in [2.75, 3.05) is 6.54 Å². The van der Waals surface area contributed by atoms with Crippen molar-refractivity contribution < 1.29 is 9.59 Å². The SMILES string of the molecule is CC(=O)CCC(=O)N(CCCc1ccccc1)[C@@H](C)c1ccc(Br)cc1. The van der Waals surface area contributed by atoms with Gasteiger partial charge in [0.05, 0.1) is 6.04 Å². The van der Waals surface area contributed by atoms with Gasteiger partial charge in [0.15, 0.2) is 0 Å². The summed E-state index contributed by atoms with van der Waals surface area (Å²) in [5.41, 5.74) is 2.38. The Bertz CT molecular complexity index is 713. The maximum Gasteiger partial charge on any atom is 0.223 e. The van der Waals surface area contributed by atoms with Gasteiger partial charge in [-0.15, -0.1) is 0 Å². The molecule has 0 aliphatic heterocycles. The Kier molecular flexibility index (Phi) is 8.05. The third kappa shape index (κ3) is 6.41. The predicted octanol–water partition coefficient (Wildman–Crippen LogP) is 5.34. The fraction of sp³-hybridized carbons (Fsp3) is 0.364. The van der Waals surface area contributed by atoms with Gasteiger partial charge in [0.2, 0.25) is 5.91 Å². The van der Waals surface area contributed by atoms with Gasteiger partial charge in [0, 0.05) is 23.9 Å². The van der Waals surface area contributed by atoms with Crippen LogP contribution in [0.1, 0.15) is 50.3 Å². The van der Waals surface area contributed by atoms with E-state index in [1.54, 1.807) is 0 Å². The normalized spacial score (nSPS) is 11.8. The van der Waals surface area contributed by atoms with Crippen LogP contribution in [0.5, 0.6) is 0 Å². The average molecular weight is 416 g/mol. The van der Waals surface area contributed by atoms with E-state index < -0.39 is 0 Å². The van der Waals surface area contributed by atoms with Gasteiger partial charge in [0.1, 0.15) is 5.78 Å². The third-order valence-electron chi connectivity index (χ3n) is 4.54. The highest BCUT2D eigenvalue weighted by Crippen LogP contribution is 2.24. The molecular weight excluding hydrogens is 390 g/mol. The van der Waals surface area contributed by atoms with E-state index in [2.05, 4.69) is 35.0 Å². The number of amides is 1. The maximum absolute atomic E-state index is 12.7. The van der Waals surface area contributed by atoms with Crippen LogP contribution >= 0.6 is 15.9 Å². The Balaban J connectivity index is 2.05. The van der Waals surface area contributed by atoms with Crippen LogP contribution in [0.25, 0.3) is 0 Å². The molecule has 138 valence electrons. The van der Waals surface area contributed by atoms with E-state index in [0.717, 1.165) is 22.9 Å². The lowest BCUT2D eigenvalue weighted by Gasteiger charge is -2.30. The molecule has 2 aromatic rings. The summed E-state index contributed by atoms with van der Waals surface area (Å²) in [6, 6.07) is 18.4. The van der Waals surface area contributed by atoms with Crippen LogP contribution < -0.4 is 0 Å². The molecule has 0 aliphatic rings. The van der Waals surface area contributed by atoms with Crippen LogP contribution in [-0.2, 0) is 16.0 Å². The molecule has 0 heterocycles. The molecule has 4 heteroatoms. The summed E-state index contributed by atoms with van der Waals surface area (Å²) >= 11 is 3.45. The van der Waals surface area contributed by atoms with E-state index in [1.165, 1.54) is 12.5 Å². The van der Waals surface area contributed by atoms with E-state index in [0.29, 0.717) is 13.0 Å². The molecule has 0 aromatic heterocycles. The summed E-state index contributed by atoms with van der Waals surface area (Å²) in [5, 5.41) is 0. The number of benzene rings is 2. The number of halogens is 1. The number of carbonyl (C=O) groups excluding carboxylic acids is 2. The van der Waals surface area contributed by atoms with Crippen molar-refractivity contribution in [1.82, 2.24) is 4.90 Å². The van der Waals surface area contributed by atoms with Crippen molar-refractivity contribution in [3.8, 4) is 0 Å². The lowest BCUT2D eigenvalue weighted by molar-refractivity contribution is -0.135. The first kappa shape index (κ1) is 20.4. The van der Waals surface area contributed by atoms with Crippen molar-refractivity contribution in [2.45, 2.75) is 45.6 Å². The summed E-state index contributed by atoms with van der Waals surface area (Å²) in [4.78, 5) is 25.9. The fourth-order valence-electron chi connectivity index (χ4n) is 2.98. The molecular formula is C22H26BrNO2.